The van der Waals surface area contributed by atoms with E-state index >= 15 is 0 Å². The van der Waals surface area contributed by atoms with Gasteiger partial charge >= 0.3 is 0 Å². The summed E-state index contributed by atoms with van der Waals surface area (Å²) in [5.41, 5.74) is 1.61. The maximum absolute atomic E-state index is 5.97. The van der Waals surface area contributed by atoms with E-state index in [1.54, 1.807) is 24.5 Å². The second-order valence-electron chi connectivity index (χ2n) is 4.24. The number of rotatable bonds is 1. The van der Waals surface area contributed by atoms with Gasteiger partial charge in [-0.2, -0.15) is 0 Å². The second-order valence-corrected chi connectivity index (χ2v) is 4.67. The number of aliphatic imine (C=N–C) groups is 1. The van der Waals surface area contributed by atoms with Crippen LogP contribution < -0.4 is 10.1 Å². The summed E-state index contributed by atoms with van der Waals surface area (Å²) in [6, 6.07) is 9.20. The van der Waals surface area contributed by atoms with Crippen LogP contribution in [0, 0.1) is 0 Å². The second kappa shape index (κ2) is 4.90. The van der Waals surface area contributed by atoms with E-state index in [1.807, 2.05) is 25.1 Å². The number of aromatic nitrogens is 1. The molecule has 1 aliphatic rings. The first-order valence-corrected chi connectivity index (χ1v) is 6.32. The van der Waals surface area contributed by atoms with Crippen molar-refractivity contribution in [3.63, 3.8) is 0 Å². The molecule has 0 fully saturated rings. The van der Waals surface area contributed by atoms with Crippen LogP contribution in [0.4, 0.5) is 11.4 Å². The summed E-state index contributed by atoms with van der Waals surface area (Å²) in [6.07, 6.45) is 3.32. The van der Waals surface area contributed by atoms with E-state index in [0.29, 0.717) is 5.02 Å². The van der Waals surface area contributed by atoms with Gasteiger partial charge in [-0.15, -0.1) is 0 Å². The van der Waals surface area contributed by atoms with Gasteiger partial charge in [-0.1, -0.05) is 11.6 Å². The lowest BCUT2D eigenvalue weighted by atomic mass is 10.2. The van der Waals surface area contributed by atoms with Gasteiger partial charge in [0, 0.05) is 11.2 Å². The van der Waals surface area contributed by atoms with Crippen molar-refractivity contribution in [1.82, 2.24) is 4.98 Å². The zero-order chi connectivity index (χ0) is 13.2. The first-order chi connectivity index (χ1) is 9.22. The van der Waals surface area contributed by atoms with Crippen molar-refractivity contribution in [3.8, 4) is 5.75 Å². The molecule has 2 heterocycles. The van der Waals surface area contributed by atoms with Gasteiger partial charge in [-0.25, -0.2) is 4.99 Å². The minimum atomic E-state index is -0.145. The summed E-state index contributed by atoms with van der Waals surface area (Å²) in [4.78, 5) is 8.61. The largest absolute Gasteiger partial charge is 0.481 e. The van der Waals surface area contributed by atoms with Gasteiger partial charge in [0.1, 0.15) is 17.3 Å². The predicted octanol–water partition coefficient (Wildman–Crippen LogP) is 3.66. The average Bonchev–Trinajstić information content (AvgIpc) is 2.41. The fourth-order valence-electron chi connectivity index (χ4n) is 1.86. The van der Waals surface area contributed by atoms with Crippen LogP contribution in [0.15, 0.2) is 47.7 Å². The third-order valence-corrected chi connectivity index (χ3v) is 3.02. The third kappa shape index (κ3) is 2.53. The van der Waals surface area contributed by atoms with Gasteiger partial charge in [0.05, 0.1) is 11.9 Å². The number of benzene rings is 1. The van der Waals surface area contributed by atoms with Crippen molar-refractivity contribution in [1.29, 1.82) is 0 Å². The normalized spacial score (nSPS) is 17.2. The zero-order valence-corrected chi connectivity index (χ0v) is 11.1. The Morgan fingerprint density at radius 1 is 1.32 bits per heavy atom. The van der Waals surface area contributed by atoms with Crippen molar-refractivity contribution < 1.29 is 4.74 Å². The molecule has 1 N–H and O–H groups in total. The minimum absolute atomic E-state index is 0.145. The number of hydrogen-bond acceptors (Lipinski definition) is 4. The van der Waals surface area contributed by atoms with Crippen LogP contribution in [0.25, 0.3) is 0 Å². The minimum Gasteiger partial charge on any atom is -0.481 e. The standard InChI is InChI=1S/C14H12ClN3O/c1-9-14(17-11-3-2-6-16-8-11)18-12-7-10(15)4-5-13(12)19-9/h2-9H,1H3,(H,17,18). The van der Waals surface area contributed by atoms with Gasteiger partial charge in [0.2, 0.25) is 0 Å². The molecule has 0 saturated heterocycles. The molecule has 1 aromatic carbocycles. The number of pyridine rings is 1. The van der Waals surface area contributed by atoms with Crippen molar-refractivity contribution in [2.75, 3.05) is 5.32 Å². The highest BCUT2D eigenvalue weighted by molar-refractivity contribution is 6.31. The Labute approximate surface area is 116 Å². The molecule has 0 saturated carbocycles. The number of hydrogen-bond donors (Lipinski definition) is 1. The van der Waals surface area contributed by atoms with Gasteiger partial charge in [0.15, 0.2) is 6.10 Å². The smallest absolute Gasteiger partial charge is 0.153 e. The SMILES string of the molecule is CC1Oc2ccc(Cl)cc2N=C1Nc1cccnc1. The quantitative estimate of drug-likeness (QED) is 0.862. The molecule has 1 aliphatic heterocycles. The Morgan fingerprint density at radius 3 is 3.00 bits per heavy atom. The van der Waals surface area contributed by atoms with Crippen LogP contribution in [0.3, 0.4) is 0 Å². The van der Waals surface area contributed by atoms with Crippen LogP contribution in [-0.4, -0.2) is 16.9 Å². The molecule has 1 aromatic heterocycles. The van der Waals surface area contributed by atoms with Crippen molar-refractivity contribution in [3.05, 3.63) is 47.7 Å². The maximum atomic E-state index is 5.97. The molecule has 0 aliphatic carbocycles. The van der Waals surface area contributed by atoms with Crippen LogP contribution in [0.2, 0.25) is 5.02 Å². The average molecular weight is 274 g/mol. The molecule has 4 nitrogen and oxygen atoms in total. The number of ether oxygens (including phenoxy) is 1. The van der Waals surface area contributed by atoms with Crippen LogP contribution in [-0.2, 0) is 0 Å². The molecule has 5 heteroatoms. The molecule has 19 heavy (non-hydrogen) atoms. The van der Waals surface area contributed by atoms with Crippen LogP contribution in [0.1, 0.15) is 6.92 Å². The molecule has 0 spiro atoms. The summed E-state index contributed by atoms with van der Waals surface area (Å²) >= 11 is 5.97. The topological polar surface area (TPSA) is 46.5 Å². The van der Waals surface area contributed by atoms with E-state index < -0.39 is 0 Å². The zero-order valence-electron chi connectivity index (χ0n) is 10.3. The lowest BCUT2D eigenvalue weighted by Gasteiger charge is -2.24. The molecule has 1 unspecified atom stereocenters. The van der Waals surface area contributed by atoms with Gasteiger partial charge < -0.3 is 10.1 Å². The fourth-order valence-corrected chi connectivity index (χ4v) is 2.03. The number of nitrogens with one attached hydrogen (secondary N) is 1. The maximum Gasteiger partial charge on any atom is 0.153 e. The first kappa shape index (κ1) is 12.0. The Kier molecular flexibility index (Phi) is 3.09. The number of fused-ring (bicyclic) bond motifs is 1. The Balaban J connectivity index is 1.93. The fraction of sp³-hybridized carbons (Fsp3) is 0.143. The molecule has 2 aromatic rings. The molecule has 96 valence electrons. The van der Waals surface area contributed by atoms with Crippen LogP contribution >= 0.6 is 11.6 Å². The summed E-state index contributed by atoms with van der Waals surface area (Å²) in [6.45, 7) is 1.94. The summed E-state index contributed by atoms with van der Waals surface area (Å²) in [7, 11) is 0. The molecule has 0 amide bonds. The van der Waals surface area contributed by atoms with E-state index in [4.69, 9.17) is 16.3 Å². The summed E-state index contributed by atoms with van der Waals surface area (Å²) in [5, 5.41) is 3.85. The number of anilines is 1. The summed E-state index contributed by atoms with van der Waals surface area (Å²) in [5.74, 6) is 1.48. The van der Waals surface area contributed by atoms with E-state index in [0.717, 1.165) is 23.0 Å². The number of nitrogens with zero attached hydrogens (tertiary/aromatic N) is 2. The highest BCUT2D eigenvalue weighted by Gasteiger charge is 2.20. The van der Waals surface area contributed by atoms with E-state index in [9.17, 15) is 0 Å². The van der Waals surface area contributed by atoms with Crippen molar-refractivity contribution in [2.45, 2.75) is 13.0 Å². The molecular formula is C14H12ClN3O. The van der Waals surface area contributed by atoms with Gasteiger partial charge in [-0.3, -0.25) is 4.98 Å². The third-order valence-electron chi connectivity index (χ3n) is 2.78. The van der Waals surface area contributed by atoms with E-state index in [-0.39, 0.29) is 6.10 Å². The number of halogens is 1. The lowest BCUT2D eigenvalue weighted by molar-refractivity contribution is 0.283. The summed E-state index contributed by atoms with van der Waals surface area (Å²) < 4.78 is 5.80. The van der Waals surface area contributed by atoms with Crippen LogP contribution in [0.5, 0.6) is 5.75 Å². The Bertz CT molecular complexity index is 628. The molecule has 1 atom stereocenters. The van der Waals surface area contributed by atoms with E-state index in [1.165, 1.54) is 0 Å². The Hall–Kier alpha value is -2.07. The highest BCUT2D eigenvalue weighted by Crippen LogP contribution is 2.34. The first-order valence-electron chi connectivity index (χ1n) is 5.94. The monoisotopic (exact) mass is 273 g/mol. The van der Waals surface area contributed by atoms with Gasteiger partial charge in [-0.05, 0) is 37.3 Å². The van der Waals surface area contributed by atoms with Crippen molar-refractivity contribution >= 4 is 28.8 Å². The molecular weight excluding hydrogens is 262 g/mol. The van der Waals surface area contributed by atoms with E-state index in [2.05, 4.69) is 15.3 Å². The molecule has 0 bridgehead atoms. The highest BCUT2D eigenvalue weighted by atomic mass is 35.5. The lowest BCUT2D eigenvalue weighted by Crippen LogP contribution is -2.32. The predicted molar refractivity (Wildman–Crippen MR) is 76.5 cm³/mol. The molecule has 3 rings (SSSR count). The molecule has 0 radical (unpaired) electrons. The Morgan fingerprint density at radius 2 is 2.21 bits per heavy atom. The van der Waals surface area contributed by atoms with Gasteiger partial charge in [0.25, 0.3) is 0 Å². The van der Waals surface area contributed by atoms with Crippen molar-refractivity contribution in [2.24, 2.45) is 4.99 Å². The number of amidine groups is 1.